The van der Waals surface area contributed by atoms with Crippen molar-refractivity contribution < 1.29 is 9.85 Å². The highest BCUT2D eigenvalue weighted by molar-refractivity contribution is 5.24. The van der Waals surface area contributed by atoms with E-state index in [0.717, 1.165) is 11.1 Å². The van der Waals surface area contributed by atoms with Gasteiger partial charge < -0.3 is 10.2 Å². The van der Waals surface area contributed by atoms with Crippen LogP contribution in [0.25, 0.3) is 0 Å². The maximum atomic E-state index is 11.8. The lowest BCUT2D eigenvalue weighted by atomic mass is 10.1. The van der Waals surface area contributed by atoms with Gasteiger partial charge in [-0.2, -0.15) is 0 Å². The molecule has 2 aromatic rings. The molecule has 29 heavy (non-hydrogen) atoms. The van der Waals surface area contributed by atoms with Gasteiger partial charge in [0.05, 0.1) is 22.2 Å². The van der Waals surface area contributed by atoms with E-state index >= 15 is 0 Å². The molecule has 0 spiro atoms. The van der Waals surface area contributed by atoms with Crippen molar-refractivity contribution in [2.24, 2.45) is 0 Å². The highest BCUT2D eigenvalue weighted by Gasteiger charge is 2.50. The van der Waals surface area contributed by atoms with Crippen LogP contribution >= 0.6 is 0 Å². The van der Waals surface area contributed by atoms with Crippen molar-refractivity contribution in [3.63, 3.8) is 0 Å². The van der Waals surface area contributed by atoms with Crippen LogP contribution in [-0.2, 0) is 13.1 Å². The number of rotatable bonds is 6. The van der Waals surface area contributed by atoms with E-state index in [1.807, 2.05) is 60.7 Å². The first-order valence-corrected chi connectivity index (χ1v) is 9.10. The van der Waals surface area contributed by atoms with E-state index in [9.17, 15) is 20.2 Å². The Hall–Kier alpha value is -3.72. The molecule has 0 fully saturated rings. The summed E-state index contributed by atoms with van der Waals surface area (Å²) < 4.78 is 0. The van der Waals surface area contributed by atoms with Crippen LogP contribution in [-0.4, -0.2) is 32.0 Å². The van der Waals surface area contributed by atoms with Crippen molar-refractivity contribution in [3.05, 3.63) is 116 Å². The summed E-state index contributed by atoms with van der Waals surface area (Å²) in [6.45, 7) is 0.636. The highest BCUT2D eigenvalue weighted by Crippen LogP contribution is 2.33. The average molecular weight is 393 g/mol. The summed E-state index contributed by atoms with van der Waals surface area (Å²) in [7, 11) is 0. The molecule has 0 saturated carbocycles. The van der Waals surface area contributed by atoms with E-state index in [-0.39, 0.29) is 11.4 Å². The molecule has 2 heterocycles. The van der Waals surface area contributed by atoms with E-state index in [0.29, 0.717) is 13.1 Å². The van der Waals surface area contributed by atoms with Crippen LogP contribution in [0.5, 0.6) is 0 Å². The molecular formula is C20H19N5O4. The molecule has 9 heteroatoms. The number of fused-ring (bicyclic) bond motifs is 2. The number of nitrogens with zero attached hydrogens (tertiary/aromatic N) is 4. The zero-order valence-corrected chi connectivity index (χ0v) is 15.4. The van der Waals surface area contributed by atoms with Crippen molar-refractivity contribution in [3.8, 4) is 0 Å². The molecule has 2 bridgehead atoms. The lowest BCUT2D eigenvalue weighted by molar-refractivity contribution is -0.454. The summed E-state index contributed by atoms with van der Waals surface area (Å²) in [5, 5.41) is 26.4. The molecule has 9 nitrogen and oxygen atoms in total. The maximum absolute atomic E-state index is 11.8. The minimum atomic E-state index is -0.758. The predicted molar refractivity (Wildman–Crippen MR) is 105 cm³/mol. The van der Waals surface area contributed by atoms with Gasteiger partial charge in [0.2, 0.25) is 0 Å². The molecule has 0 saturated heterocycles. The number of hydrogen-bond acceptors (Lipinski definition) is 7. The molecule has 0 radical (unpaired) electrons. The number of benzene rings is 2. The molecule has 0 amide bonds. The monoisotopic (exact) mass is 393 g/mol. The molecule has 2 aliphatic rings. The first-order chi connectivity index (χ1) is 14.0. The second-order valence-electron chi connectivity index (χ2n) is 6.90. The zero-order valence-electron chi connectivity index (χ0n) is 15.4. The molecule has 0 unspecified atom stereocenters. The van der Waals surface area contributed by atoms with Crippen LogP contribution in [0.2, 0.25) is 0 Å². The van der Waals surface area contributed by atoms with Gasteiger partial charge in [0, 0.05) is 13.1 Å². The number of nitrogens with one attached hydrogen (secondary N) is 1. The molecule has 2 aromatic carbocycles. The van der Waals surface area contributed by atoms with Crippen LogP contribution < -0.4 is 5.32 Å². The molecule has 0 aromatic heterocycles. The second-order valence-corrected chi connectivity index (χ2v) is 6.90. The summed E-state index contributed by atoms with van der Waals surface area (Å²) in [6, 6.07) is 18.8. The van der Waals surface area contributed by atoms with Gasteiger partial charge in [0.25, 0.3) is 11.4 Å². The quantitative estimate of drug-likeness (QED) is 0.594. The van der Waals surface area contributed by atoms with E-state index in [1.165, 1.54) is 12.4 Å². The average Bonchev–Trinajstić information content (AvgIpc) is 2.71. The maximum Gasteiger partial charge on any atom is 0.298 e. The third-order valence-electron chi connectivity index (χ3n) is 5.03. The lowest BCUT2D eigenvalue weighted by Gasteiger charge is -2.45. The SMILES string of the molecule is O=[N+]([O-])C1=CN[C@H]2C([N+](=O)[O-])=CN(Cc3ccccc3)[C@@H]1N2Cc1ccccc1. The molecule has 0 aliphatic carbocycles. The second kappa shape index (κ2) is 7.72. The number of hydrogen-bond donors (Lipinski definition) is 1. The summed E-state index contributed by atoms with van der Waals surface area (Å²) in [5.74, 6) is 0. The number of nitro groups is 2. The van der Waals surface area contributed by atoms with Crippen molar-refractivity contribution >= 4 is 0 Å². The van der Waals surface area contributed by atoms with E-state index in [4.69, 9.17) is 0 Å². The highest BCUT2D eigenvalue weighted by atomic mass is 16.6. The molecule has 1 N–H and O–H groups in total. The fraction of sp³-hybridized carbons (Fsp3) is 0.200. The summed E-state index contributed by atoms with van der Waals surface area (Å²) in [4.78, 5) is 26.1. The van der Waals surface area contributed by atoms with E-state index in [2.05, 4.69) is 5.32 Å². The van der Waals surface area contributed by atoms with Crippen LogP contribution in [0, 0.1) is 20.2 Å². The third-order valence-corrected chi connectivity index (χ3v) is 5.03. The van der Waals surface area contributed by atoms with Gasteiger partial charge in [-0.05, 0) is 11.1 Å². The Kier molecular flexibility index (Phi) is 4.96. The van der Waals surface area contributed by atoms with Gasteiger partial charge in [-0.3, -0.25) is 20.2 Å². The van der Waals surface area contributed by atoms with E-state index < -0.39 is 22.2 Å². The molecule has 2 atom stereocenters. The van der Waals surface area contributed by atoms with Gasteiger partial charge in [0.1, 0.15) is 0 Å². The van der Waals surface area contributed by atoms with Crippen LogP contribution in [0.4, 0.5) is 0 Å². The Bertz CT molecular complexity index is 977. The van der Waals surface area contributed by atoms with E-state index in [1.54, 1.807) is 9.80 Å². The van der Waals surface area contributed by atoms with Gasteiger partial charge in [-0.15, -0.1) is 0 Å². The van der Waals surface area contributed by atoms with Crippen LogP contribution in [0.1, 0.15) is 11.1 Å². The Labute approximate surface area is 166 Å². The molecule has 4 rings (SSSR count). The summed E-state index contributed by atoms with van der Waals surface area (Å²) >= 11 is 0. The smallest absolute Gasteiger partial charge is 0.298 e. The molecular weight excluding hydrogens is 374 g/mol. The summed E-state index contributed by atoms with van der Waals surface area (Å²) in [5.41, 5.74) is 1.72. The Morgan fingerprint density at radius 2 is 1.38 bits per heavy atom. The fourth-order valence-electron chi connectivity index (χ4n) is 3.76. The van der Waals surface area contributed by atoms with Crippen molar-refractivity contribution in [1.29, 1.82) is 0 Å². The zero-order chi connectivity index (χ0) is 20.4. The van der Waals surface area contributed by atoms with Crippen molar-refractivity contribution in [1.82, 2.24) is 15.1 Å². The Morgan fingerprint density at radius 3 is 1.93 bits per heavy atom. The molecule has 2 aliphatic heterocycles. The van der Waals surface area contributed by atoms with Gasteiger partial charge in [-0.25, -0.2) is 4.90 Å². The largest absolute Gasteiger partial charge is 0.361 e. The molecule has 148 valence electrons. The van der Waals surface area contributed by atoms with Gasteiger partial charge in [0.15, 0.2) is 12.3 Å². The lowest BCUT2D eigenvalue weighted by Crippen LogP contribution is -2.63. The fourth-order valence-corrected chi connectivity index (χ4v) is 3.76. The Morgan fingerprint density at radius 1 is 0.828 bits per heavy atom. The predicted octanol–water partition coefficient (Wildman–Crippen LogP) is 2.50. The minimum Gasteiger partial charge on any atom is -0.361 e. The minimum absolute atomic E-state index is 0.0493. The first-order valence-electron chi connectivity index (χ1n) is 9.10. The topological polar surface area (TPSA) is 105 Å². The Balaban J connectivity index is 1.77. The first kappa shape index (κ1) is 18.6. The van der Waals surface area contributed by atoms with Gasteiger partial charge >= 0.3 is 0 Å². The van der Waals surface area contributed by atoms with Crippen LogP contribution in [0.3, 0.4) is 0 Å². The normalized spacial score (nSPS) is 21.0. The van der Waals surface area contributed by atoms with Crippen LogP contribution in [0.15, 0.2) is 84.5 Å². The van der Waals surface area contributed by atoms with Crippen molar-refractivity contribution in [2.75, 3.05) is 0 Å². The third kappa shape index (κ3) is 3.67. The van der Waals surface area contributed by atoms with Gasteiger partial charge in [-0.1, -0.05) is 60.7 Å². The standard InChI is InChI=1S/C20H19N5O4/c26-24(27)17-11-21-19-18(25(28)29)14-22(12-15-7-3-1-4-8-15)20(17)23(19)13-16-9-5-2-6-10-16/h1-11,14,19-21H,12-13H2/t19-,20-/m1/s1. The van der Waals surface area contributed by atoms with Crippen molar-refractivity contribution in [2.45, 2.75) is 25.4 Å². The summed E-state index contributed by atoms with van der Waals surface area (Å²) in [6.07, 6.45) is 1.21.